The summed E-state index contributed by atoms with van der Waals surface area (Å²) in [6.07, 6.45) is 0. The first-order valence-electron chi connectivity index (χ1n) is 6.55. The molecule has 0 atom stereocenters. The first kappa shape index (κ1) is 15.5. The topological polar surface area (TPSA) is 83.5 Å². The third-order valence-electron chi connectivity index (χ3n) is 3.52. The predicted molar refractivity (Wildman–Crippen MR) is 85.8 cm³/mol. The van der Waals surface area contributed by atoms with Gasteiger partial charge < -0.3 is 10.4 Å². The number of halogens is 2. The summed E-state index contributed by atoms with van der Waals surface area (Å²) in [5.41, 5.74) is 0.0448. The first-order chi connectivity index (χ1) is 11.0. The fourth-order valence-electron chi connectivity index (χ4n) is 2.55. The molecule has 0 radical (unpaired) electrons. The zero-order valence-corrected chi connectivity index (χ0v) is 13.0. The summed E-state index contributed by atoms with van der Waals surface area (Å²) >= 11 is 11.5. The van der Waals surface area contributed by atoms with E-state index in [1.807, 2.05) is 0 Å². The van der Waals surface area contributed by atoms with Crippen LogP contribution in [0.5, 0.6) is 5.75 Å². The van der Waals surface area contributed by atoms with E-state index in [-0.39, 0.29) is 44.6 Å². The Labute approximate surface area is 140 Å². The van der Waals surface area contributed by atoms with Crippen molar-refractivity contribution in [3.8, 4) is 5.75 Å². The second kappa shape index (κ2) is 5.68. The summed E-state index contributed by atoms with van der Waals surface area (Å²) in [4.78, 5) is 36.9. The summed E-state index contributed by atoms with van der Waals surface area (Å²) in [5, 5.41) is 12.6. The summed E-state index contributed by atoms with van der Waals surface area (Å²) in [5.74, 6) is -2.26. The van der Waals surface area contributed by atoms with Crippen LogP contribution < -0.4 is 5.32 Å². The fraction of sp³-hybridized carbons (Fsp3) is 0.0625. The fourth-order valence-corrected chi connectivity index (χ4v) is 2.88. The van der Waals surface area contributed by atoms with Crippen molar-refractivity contribution >= 4 is 46.4 Å². The second-order valence-corrected chi connectivity index (χ2v) is 5.56. The van der Waals surface area contributed by atoms with Gasteiger partial charge in [-0.15, -0.1) is 11.6 Å². The minimum Gasteiger partial charge on any atom is -0.507 e. The molecule has 116 valence electrons. The minimum absolute atomic E-state index is 0.0442. The molecule has 0 aromatic heterocycles. The van der Waals surface area contributed by atoms with Gasteiger partial charge in [-0.1, -0.05) is 23.7 Å². The number of hydrogen-bond acceptors (Lipinski definition) is 4. The number of aromatic hydroxyl groups is 1. The second-order valence-electron chi connectivity index (χ2n) is 4.88. The standard InChI is InChI=1S/C16H9Cl2NO4/c17-6-11(21)19-9-4-5-10(20)14-13(9)15(22)7-2-1-3-8(18)12(7)16(14)23/h1-5,20H,6H2,(H,19,21). The molecule has 0 saturated heterocycles. The third kappa shape index (κ3) is 2.38. The highest BCUT2D eigenvalue weighted by molar-refractivity contribution is 6.40. The van der Waals surface area contributed by atoms with E-state index in [2.05, 4.69) is 5.32 Å². The van der Waals surface area contributed by atoms with Crippen molar-refractivity contribution in [2.75, 3.05) is 11.2 Å². The van der Waals surface area contributed by atoms with Crippen LogP contribution in [0.15, 0.2) is 30.3 Å². The molecule has 3 rings (SSSR count). The Morgan fingerprint density at radius 3 is 2.48 bits per heavy atom. The van der Waals surface area contributed by atoms with E-state index < -0.39 is 17.5 Å². The van der Waals surface area contributed by atoms with Gasteiger partial charge in [0, 0.05) is 5.56 Å². The molecule has 0 fully saturated rings. The number of fused-ring (bicyclic) bond motifs is 2. The molecular formula is C16H9Cl2NO4. The van der Waals surface area contributed by atoms with E-state index in [1.165, 1.54) is 24.3 Å². The maximum atomic E-state index is 12.7. The van der Waals surface area contributed by atoms with E-state index in [0.717, 1.165) is 0 Å². The van der Waals surface area contributed by atoms with Crippen LogP contribution >= 0.6 is 23.2 Å². The van der Waals surface area contributed by atoms with Crippen molar-refractivity contribution in [1.82, 2.24) is 0 Å². The first-order valence-corrected chi connectivity index (χ1v) is 7.46. The van der Waals surface area contributed by atoms with E-state index in [0.29, 0.717) is 0 Å². The van der Waals surface area contributed by atoms with Gasteiger partial charge in [-0.25, -0.2) is 0 Å². The number of rotatable bonds is 2. The highest BCUT2D eigenvalue weighted by atomic mass is 35.5. The van der Waals surface area contributed by atoms with Crippen LogP contribution in [0.4, 0.5) is 5.69 Å². The van der Waals surface area contributed by atoms with Gasteiger partial charge >= 0.3 is 0 Å². The molecule has 2 aromatic carbocycles. The molecule has 1 aliphatic carbocycles. The number of phenolic OH excluding ortho intramolecular Hbond substituents is 1. The lowest BCUT2D eigenvalue weighted by atomic mass is 9.82. The Bertz CT molecular complexity index is 877. The molecule has 0 bridgehead atoms. The predicted octanol–water partition coefficient (Wildman–Crippen LogP) is 3.00. The molecule has 0 unspecified atom stereocenters. The highest BCUT2D eigenvalue weighted by Gasteiger charge is 2.35. The number of carbonyl (C=O) groups is 3. The zero-order chi connectivity index (χ0) is 16.7. The lowest BCUT2D eigenvalue weighted by Gasteiger charge is -2.21. The van der Waals surface area contributed by atoms with Crippen molar-refractivity contribution in [2.45, 2.75) is 0 Å². The van der Waals surface area contributed by atoms with Crippen LogP contribution in [-0.4, -0.2) is 28.5 Å². The number of alkyl halides is 1. The Morgan fingerprint density at radius 1 is 1.04 bits per heavy atom. The van der Waals surface area contributed by atoms with Crippen LogP contribution in [0, 0.1) is 0 Å². The number of anilines is 1. The van der Waals surface area contributed by atoms with Crippen molar-refractivity contribution in [3.63, 3.8) is 0 Å². The van der Waals surface area contributed by atoms with Crippen LogP contribution in [0.1, 0.15) is 31.8 Å². The lowest BCUT2D eigenvalue weighted by molar-refractivity contribution is -0.113. The monoisotopic (exact) mass is 349 g/mol. The molecule has 7 heteroatoms. The summed E-state index contributed by atoms with van der Waals surface area (Å²) in [6, 6.07) is 7.10. The Hall–Kier alpha value is -2.37. The minimum atomic E-state index is -0.570. The molecule has 0 aliphatic heterocycles. The number of nitrogens with one attached hydrogen (secondary N) is 1. The smallest absolute Gasteiger partial charge is 0.239 e. The molecule has 23 heavy (non-hydrogen) atoms. The van der Waals surface area contributed by atoms with Gasteiger partial charge in [0.1, 0.15) is 11.6 Å². The van der Waals surface area contributed by atoms with E-state index >= 15 is 0 Å². The third-order valence-corrected chi connectivity index (χ3v) is 4.08. The summed E-state index contributed by atoms with van der Waals surface area (Å²) in [6.45, 7) is 0. The molecule has 0 heterocycles. The molecule has 2 N–H and O–H groups in total. The van der Waals surface area contributed by atoms with Gasteiger partial charge in [-0.05, 0) is 18.2 Å². The number of phenols is 1. The normalized spacial score (nSPS) is 12.6. The maximum Gasteiger partial charge on any atom is 0.239 e. The van der Waals surface area contributed by atoms with Crippen LogP contribution in [-0.2, 0) is 4.79 Å². The average Bonchev–Trinajstić information content (AvgIpc) is 2.53. The summed E-state index contributed by atoms with van der Waals surface area (Å²) in [7, 11) is 0. The van der Waals surface area contributed by atoms with E-state index in [1.54, 1.807) is 6.07 Å². The number of hydrogen-bond donors (Lipinski definition) is 2. The van der Waals surface area contributed by atoms with Crippen LogP contribution in [0.2, 0.25) is 5.02 Å². The van der Waals surface area contributed by atoms with Crippen LogP contribution in [0.3, 0.4) is 0 Å². The number of amides is 1. The van der Waals surface area contributed by atoms with Crippen molar-refractivity contribution in [3.05, 3.63) is 57.6 Å². The number of carbonyl (C=O) groups excluding carboxylic acids is 3. The zero-order valence-electron chi connectivity index (χ0n) is 11.5. The molecule has 1 aliphatic rings. The summed E-state index contributed by atoms with van der Waals surface area (Å²) < 4.78 is 0. The largest absolute Gasteiger partial charge is 0.507 e. The maximum absolute atomic E-state index is 12.7. The number of ketones is 2. The van der Waals surface area contributed by atoms with Crippen molar-refractivity contribution in [2.24, 2.45) is 0 Å². The lowest BCUT2D eigenvalue weighted by Crippen LogP contribution is -2.24. The molecular weight excluding hydrogens is 341 g/mol. The van der Waals surface area contributed by atoms with Crippen LogP contribution in [0.25, 0.3) is 0 Å². The Kier molecular flexibility index (Phi) is 3.83. The van der Waals surface area contributed by atoms with E-state index in [4.69, 9.17) is 23.2 Å². The van der Waals surface area contributed by atoms with Gasteiger partial charge in [0.15, 0.2) is 11.6 Å². The Morgan fingerprint density at radius 2 is 1.78 bits per heavy atom. The Balaban J connectivity index is 2.28. The van der Waals surface area contributed by atoms with Gasteiger partial charge in [0.05, 0.1) is 27.4 Å². The van der Waals surface area contributed by atoms with Gasteiger partial charge in [0.2, 0.25) is 5.91 Å². The molecule has 2 aromatic rings. The quantitative estimate of drug-likeness (QED) is 0.550. The average molecular weight is 350 g/mol. The van der Waals surface area contributed by atoms with Gasteiger partial charge in [-0.3, -0.25) is 14.4 Å². The van der Waals surface area contributed by atoms with Gasteiger partial charge in [-0.2, -0.15) is 0 Å². The highest BCUT2D eigenvalue weighted by Crippen LogP contribution is 2.39. The van der Waals surface area contributed by atoms with Crippen molar-refractivity contribution in [1.29, 1.82) is 0 Å². The SMILES string of the molecule is O=C(CCl)Nc1ccc(O)c2c1C(=O)c1cccc(Cl)c1C2=O. The van der Waals surface area contributed by atoms with Crippen molar-refractivity contribution < 1.29 is 19.5 Å². The molecule has 0 spiro atoms. The molecule has 0 saturated carbocycles. The molecule has 5 nitrogen and oxygen atoms in total. The number of benzene rings is 2. The van der Waals surface area contributed by atoms with E-state index in [9.17, 15) is 19.5 Å². The van der Waals surface area contributed by atoms with Gasteiger partial charge in [0.25, 0.3) is 0 Å². The molecule has 1 amide bonds.